The molecule has 0 spiro atoms. The van der Waals surface area contributed by atoms with E-state index in [-0.39, 0.29) is 6.71 Å². The molecular formula is C78H49BN4S. The largest absolute Gasteiger partial charge is 0.311 e. The van der Waals surface area contributed by atoms with Crippen LogP contribution < -0.4 is 26.2 Å². The van der Waals surface area contributed by atoms with Crippen LogP contribution in [-0.4, -0.2) is 15.5 Å². The second-order valence-electron chi connectivity index (χ2n) is 22.7. The van der Waals surface area contributed by atoms with Crippen molar-refractivity contribution in [1.29, 1.82) is 0 Å². The minimum absolute atomic E-state index is 0.130. The molecule has 4 aromatic heterocycles. The van der Waals surface area contributed by atoms with Gasteiger partial charge in [-0.3, -0.25) is 0 Å². The summed E-state index contributed by atoms with van der Waals surface area (Å²) in [6.45, 7) is -0.130. The zero-order chi connectivity index (χ0) is 54.8. The van der Waals surface area contributed by atoms with Gasteiger partial charge in [0.1, 0.15) is 0 Å². The molecule has 0 amide bonds. The van der Waals surface area contributed by atoms with Crippen molar-refractivity contribution < 1.29 is 0 Å². The molecule has 2 aliphatic heterocycles. The van der Waals surface area contributed by atoms with Crippen LogP contribution in [0.15, 0.2) is 317 Å². The third-order valence-corrected chi connectivity index (χ3v) is 22.5. The number of aromatic nitrogens is 2. The minimum atomic E-state index is -2.00. The average Bonchev–Trinajstić information content (AvgIpc) is 4.40. The van der Waals surface area contributed by atoms with E-state index in [0.717, 1.165) is 22.5 Å². The summed E-state index contributed by atoms with van der Waals surface area (Å²) in [6, 6.07) is 112. The Hall–Kier alpha value is -10.5. The fourth-order valence-corrected chi connectivity index (χ4v) is 19.2. The van der Waals surface area contributed by atoms with Gasteiger partial charge in [0.2, 0.25) is 0 Å². The van der Waals surface area contributed by atoms with Crippen LogP contribution in [0.2, 0.25) is 0 Å². The highest BCUT2D eigenvalue weighted by Crippen LogP contribution is 2.73. The van der Waals surface area contributed by atoms with Crippen molar-refractivity contribution in [2.24, 2.45) is 0 Å². The van der Waals surface area contributed by atoms with Gasteiger partial charge in [0.25, 0.3) is 6.71 Å². The van der Waals surface area contributed by atoms with Crippen molar-refractivity contribution in [3.8, 4) is 11.1 Å². The Kier molecular flexibility index (Phi) is 9.48. The first-order chi connectivity index (χ1) is 41.7. The van der Waals surface area contributed by atoms with Gasteiger partial charge in [-0.1, -0.05) is 188 Å². The van der Waals surface area contributed by atoms with Crippen LogP contribution in [0.25, 0.3) is 87.3 Å². The number of nitrogens with zero attached hydrogens (tertiary/aromatic N) is 4. The van der Waals surface area contributed by atoms with Gasteiger partial charge in [-0.05, 0) is 137 Å². The van der Waals surface area contributed by atoms with Gasteiger partial charge >= 0.3 is 0 Å². The number of benzene rings is 13. The molecule has 13 aromatic carbocycles. The van der Waals surface area contributed by atoms with E-state index in [0.29, 0.717) is 0 Å². The Balaban J connectivity index is 0.957. The van der Waals surface area contributed by atoms with Crippen molar-refractivity contribution in [3.05, 3.63) is 297 Å². The highest BCUT2D eigenvalue weighted by molar-refractivity contribution is 8.34. The molecule has 0 aliphatic carbocycles. The molecular weight excluding hydrogens is 1040 g/mol. The second kappa shape index (κ2) is 17.3. The van der Waals surface area contributed by atoms with Gasteiger partial charge in [0, 0.05) is 96.8 Å². The lowest BCUT2D eigenvalue weighted by Crippen LogP contribution is -2.61. The summed E-state index contributed by atoms with van der Waals surface area (Å²) >= 11 is 0. The zero-order valence-corrected chi connectivity index (χ0v) is 46.4. The second-order valence-corrected chi connectivity index (χ2v) is 25.9. The van der Waals surface area contributed by atoms with Crippen molar-refractivity contribution >= 4 is 143 Å². The predicted molar refractivity (Wildman–Crippen MR) is 355 cm³/mol. The first-order valence-corrected chi connectivity index (χ1v) is 30.7. The van der Waals surface area contributed by atoms with Crippen molar-refractivity contribution in [1.82, 2.24) is 8.80 Å². The highest BCUT2D eigenvalue weighted by atomic mass is 32.3. The molecule has 0 saturated carbocycles. The van der Waals surface area contributed by atoms with E-state index in [9.17, 15) is 0 Å². The maximum Gasteiger partial charge on any atom is 0.252 e. The van der Waals surface area contributed by atoms with E-state index >= 15 is 0 Å². The third kappa shape index (κ3) is 6.09. The quantitative estimate of drug-likeness (QED) is 0.148. The summed E-state index contributed by atoms with van der Waals surface area (Å²) < 4.78 is 5.08. The maximum atomic E-state index is 2.59. The monoisotopic (exact) mass is 1080 g/mol. The standard InChI is InChI=1S/C78H49BN4S/c1-6-24-52(25-7-1)80-72-48-70-64(62-39-21-37-60-58-35-16-18-41-68(58)82(70)77(60)62)46-66(72)79-67-47-65-63-40-22-38-61-59-36-17-19-42-69(59)83(78(61)63)71(65)49-73(67)81(53-26-8-2-9-27-53)75-45-51(44-74(80)76(75)79)50-23-20-34-57(43-50)84(54-28-10-3-11-29-54,55-30-12-4-13-31-55)56-32-14-5-15-33-56/h1-49H. The van der Waals surface area contributed by atoms with E-state index < -0.39 is 10.0 Å². The predicted octanol–water partition coefficient (Wildman–Crippen LogP) is 19.1. The third-order valence-electron chi connectivity index (χ3n) is 18.6. The lowest BCUT2D eigenvalue weighted by molar-refractivity contribution is 1.24. The van der Waals surface area contributed by atoms with Crippen LogP contribution in [0.1, 0.15) is 0 Å². The Morgan fingerprint density at radius 3 is 1.07 bits per heavy atom. The van der Waals surface area contributed by atoms with Crippen molar-refractivity contribution in [3.63, 3.8) is 0 Å². The van der Waals surface area contributed by atoms with Crippen LogP contribution in [0.3, 0.4) is 0 Å². The van der Waals surface area contributed by atoms with E-state index in [1.165, 1.54) is 135 Å². The molecule has 390 valence electrons. The first kappa shape index (κ1) is 46.1. The molecule has 17 aromatic rings. The molecule has 0 unspecified atom stereocenters. The molecule has 6 heteroatoms. The van der Waals surface area contributed by atoms with E-state index in [4.69, 9.17) is 0 Å². The number of rotatable bonds is 7. The smallest absolute Gasteiger partial charge is 0.252 e. The fraction of sp³-hybridized carbons (Fsp3) is 0. The van der Waals surface area contributed by atoms with Gasteiger partial charge in [0.05, 0.1) is 33.1 Å². The molecule has 0 N–H and O–H groups in total. The van der Waals surface area contributed by atoms with Crippen molar-refractivity contribution in [2.45, 2.75) is 19.6 Å². The van der Waals surface area contributed by atoms with Gasteiger partial charge < -0.3 is 18.6 Å². The lowest BCUT2D eigenvalue weighted by atomic mass is 9.33. The van der Waals surface area contributed by atoms with Gasteiger partial charge in [-0.25, -0.2) is 0 Å². The van der Waals surface area contributed by atoms with Gasteiger partial charge in [0.15, 0.2) is 0 Å². The summed E-state index contributed by atoms with van der Waals surface area (Å²) in [5.74, 6) is 0. The maximum absolute atomic E-state index is 2.59. The van der Waals surface area contributed by atoms with E-state index in [2.05, 4.69) is 316 Å². The summed E-state index contributed by atoms with van der Waals surface area (Å²) in [7, 11) is -2.00. The zero-order valence-electron chi connectivity index (χ0n) is 45.6. The molecule has 0 bridgehead atoms. The SMILES string of the molecule is c1ccc(N2c3cc4c(cc3B3c5cc6c7cccc8c9ccccc9n(c6cc5N(c5ccccc5)c5cc(-c6cccc(S(c9ccccc9)(c9ccccc9)c9ccccc9)c6)cc2c53)c87)c2cccc3c5ccccc5n4c32)cc1. The van der Waals surface area contributed by atoms with Gasteiger partial charge in [-0.2, -0.15) is 0 Å². The summed E-state index contributed by atoms with van der Waals surface area (Å²) in [4.78, 5) is 10.4. The van der Waals surface area contributed by atoms with E-state index in [1.807, 2.05) is 0 Å². The Morgan fingerprint density at radius 1 is 0.250 bits per heavy atom. The van der Waals surface area contributed by atoms with Crippen LogP contribution in [0.5, 0.6) is 0 Å². The minimum Gasteiger partial charge on any atom is -0.311 e. The number of anilines is 6. The van der Waals surface area contributed by atoms with Crippen LogP contribution in [0.4, 0.5) is 34.1 Å². The average molecular weight is 1090 g/mol. The highest BCUT2D eigenvalue weighted by Gasteiger charge is 2.45. The topological polar surface area (TPSA) is 15.3 Å². The van der Waals surface area contributed by atoms with Crippen LogP contribution in [0, 0.1) is 0 Å². The molecule has 0 atom stereocenters. The Labute approximate surface area is 487 Å². The molecule has 0 saturated heterocycles. The van der Waals surface area contributed by atoms with Crippen LogP contribution in [-0.2, 0) is 0 Å². The molecule has 19 rings (SSSR count). The van der Waals surface area contributed by atoms with Crippen molar-refractivity contribution in [2.75, 3.05) is 9.80 Å². The van der Waals surface area contributed by atoms with E-state index in [1.54, 1.807) is 0 Å². The Morgan fingerprint density at radius 2 is 0.619 bits per heavy atom. The molecule has 0 fully saturated rings. The van der Waals surface area contributed by atoms with Gasteiger partial charge in [-0.15, -0.1) is 10.0 Å². The summed E-state index contributed by atoms with van der Waals surface area (Å²) in [5, 5.41) is 10.2. The number of fused-ring (bicyclic) bond motifs is 16. The summed E-state index contributed by atoms with van der Waals surface area (Å²) in [6.07, 6.45) is 0. The first-order valence-electron chi connectivity index (χ1n) is 29.1. The molecule has 2 aliphatic rings. The summed E-state index contributed by atoms with van der Waals surface area (Å²) in [5.41, 5.74) is 20.6. The number of hydrogen-bond acceptors (Lipinski definition) is 2. The van der Waals surface area contributed by atoms with Crippen LogP contribution >= 0.6 is 10.0 Å². The lowest BCUT2D eigenvalue weighted by Gasteiger charge is -2.44. The molecule has 0 radical (unpaired) electrons. The molecule has 84 heavy (non-hydrogen) atoms. The molecule has 4 nitrogen and oxygen atoms in total. The Bertz CT molecular complexity index is 5160. The number of para-hydroxylation sites is 6. The normalized spacial score (nSPS) is 13.4. The number of hydrogen-bond donors (Lipinski definition) is 0. The fourth-order valence-electron chi connectivity index (χ4n) is 15.3. The molecule has 6 heterocycles.